The van der Waals surface area contributed by atoms with Gasteiger partial charge in [-0.15, -0.1) is 0 Å². The van der Waals surface area contributed by atoms with Crippen molar-refractivity contribution in [3.05, 3.63) is 71.3 Å². The molecule has 0 aliphatic heterocycles. The molecule has 2 heteroatoms. The summed E-state index contributed by atoms with van der Waals surface area (Å²) in [6.07, 6.45) is 4.57. The lowest BCUT2D eigenvalue weighted by Crippen LogP contribution is -2.17. The molecule has 1 N–H and O–H groups in total. The second-order valence-corrected chi connectivity index (χ2v) is 5.15. The van der Waals surface area contributed by atoms with Gasteiger partial charge in [-0.3, -0.25) is 0 Å². The molecule has 0 saturated heterocycles. The molecular formula is C18H18O2. The number of benzene rings is 2. The average molecular weight is 266 g/mol. The predicted molar refractivity (Wildman–Crippen MR) is 80.6 cm³/mol. The highest BCUT2D eigenvalue weighted by molar-refractivity contribution is 5.57. The van der Waals surface area contributed by atoms with Crippen LogP contribution in [0.15, 0.2) is 54.6 Å². The highest BCUT2D eigenvalue weighted by Crippen LogP contribution is 2.34. The fourth-order valence-corrected chi connectivity index (χ4v) is 2.75. The molecule has 0 amide bonds. The highest BCUT2D eigenvalue weighted by Gasteiger charge is 2.24. The topological polar surface area (TPSA) is 29.5 Å². The molecule has 102 valence electrons. The normalized spacial score (nSPS) is 20.5. The van der Waals surface area contributed by atoms with Gasteiger partial charge in [0.1, 0.15) is 5.75 Å². The lowest BCUT2D eigenvalue weighted by atomic mass is 9.83. The van der Waals surface area contributed by atoms with Crippen LogP contribution in [0.2, 0.25) is 0 Å². The summed E-state index contributed by atoms with van der Waals surface area (Å²) in [7, 11) is 1.67. The van der Waals surface area contributed by atoms with Gasteiger partial charge in [0.2, 0.25) is 0 Å². The van der Waals surface area contributed by atoms with Crippen LogP contribution in [0.5, 0.6) is 5.75 Å². The Kier molecular flexibility index (Phi) is 3.57. The molecule has 2 atom stereocenters. The van der Waals surface area contributed by atoms with E-state index >= 15 is 0 Å². The summed E-state index contributed by atoms with van der Waals surface area (Å²) in [5.41, 5.74) is 3.31. The van der Waals surface area contributed by atoms with Gasteiger partial charge in [0.25, 0.3) is 0 Å². The molecule has 0 saturated carbocycles. The zero-order valence-corrected chi connectivity index (χ0v) is 11.5. The maximum absolute atomic E-state index is 10.5. The number of hydrogen-bond acceptors (Lipinski definition) is 2. The molecule has 0 bridgehead atoms. The van der Waals surface area contributed by atoms with Crippen LogP contribution in [0.3, 0.4) is 0 Å². The number of hydrogen-bond donors (Lipinski definition) is 1. The number of ether oxygens (including phenoxy) is 1. The van der Waals surface area contributed by atoms with E-state index < -0.39 is 6.10 Å². The third kappa shape index (κ3) is 2.47. The first kappa shape index (κ1) is 12.9. The van der Waals surface area contributed by atoms with Gasteiger partial charge in [0.05, 0.1) is 13.2 Å². The van der Waals surface area contributed by atoms with E-state index in [0.29, 0.717) is 0 Å². The Bertz CT molecular complexity index is 631. The summed E-state index contributed by atoms with van der Waals surface area (Å²) in [5.74, 6) is 0.967. The standard InChI is InChI=1S/C18H18O2/c1-20-16-7-4-5-13(12-16)11-15-10-9-14-6-2-3-8-17(14)18(15)19/h2-10,12,15,18-19H,11H2,1H3/t15-,18+/m1/s1. The van der Waals surface area contributed by atoms with Crippen molar-refractivity contribution in [1.82, 2.24) is 0 Å². The average Bonchev–Trinajstić information content (AvgIpc) is 2.50. The molecule has 2 aromatic rings. The largest absolute Gasteiger partial charge is 0.497 e. The van der Waals surface area contributed by atoms with Gasteiger partial charge >= 0.3 is 0 Å². The zero-order chi connectivity index (χ0) is 13.9. The van der Waals surface area contributed by atoms with Crippen LogP contribution in [-0.4, -0.2) is 12.2 Å². The molecule has 2 aromatic carbocycles. The summed E-state index contributed by atoms with van der Waals surface area (Å²) in [6.45, 7) is 0. The van der Waals surface area contributed by atoms with E-state index in [4.69, 9.17) is 4.74 Å². The molecule has 1 aliphatic carbocycles. The van der Waals surface area contributed by atoms with Crippen molar-refractivity contribution in [1.29, 1.82) is 0 Å². The van der Waals surface area contributed by atoms with E-state index in [1.54, 1.807) is 7.11 Å². The van der Waals surface area contributed by atoms with Crippen LogP contribution >= 0.6 is 0 Å². The lowest BCUT2D eigenvalue weighted by Gasteiger charge is -2.25. The van der Waals surface area contributed by atoms with Crippen molar-refractivity contribution < 1.29 is 9.84 Å². The number of methoxy groups -OCH3 is 1. The Balaban J connectivity index is 1.82. The zero-order valence-electron chi connectivity index (χ0n) is 11.5. The third-order valence-electron chi connectivity index (χ3n) is 3.85. The molecule has 0 spiro atoms. The maximum Gasteiger partial charge on any atom is 0.119 e. The van der Waals surface area contributed by atoms with E-state index in [1.807, 2.05) is 42.5 Å². The summed E-state index contributed by atoms with van der Waals surface area (Å²) < 4.78 is 5.25. The van der Waals surface area contributed by atoms with E-state index in [-0.39, 0.29) is 5.92 Å². The number of aliphatic hydroxyl groups is 1. The van der Waals surface area contributed by atoms with Gasteiger partial charge in [-0.1, -0.05) is 48.6 Å². The van der Waals surface area contributed by atoms with E-state index in [0.717, 1.165) is 23.3 Å². The van der Waals surface area contributed by atoms with Crippen molar-refractivity contribution in [2.24, 2.45) is 5.92 Å². The van der Waals surface area contributed by atoms with Crippen molar-refractivity contribution in [2.45, 2.75) is 12.5 Å². The first-order valence-electron chi connectivity index (χ1n) is 6.86. The summed E-state index contributed by atoms with van der Waals surface area (Å²) >= 11 is 0. The molecule has 0 radical (unpaired) electrons. The molecule has 0 aromatic heterocycles. The van der Waals surface area contributed by atoms with Crippen LogP contribution in [0.25, 0.3) is 6.08 Å². The lowest BCUT2D eigenvalue weighted by molar-refractivity contribution is 0.129. The fraction of sp³-hybridized carbons (Fsp3) is 0.222. The minimum Gasteiger partial charge on any atom is -0.497 e. The summed E-state index contributed by atoms with van der Waals surface area (Å²) in [6, 6.07) is 16.0. The van der Waals surface area contributed by atoms with Crippen LogP contribution in [0, 0.1) is 5.92 Å². The fourth-order valence-electron chi connectivity index (χ4n) is 2.75. The van der Waals surface area contributed by atoms with Crippen LogP contribution < -0.4 is 4.74 Å². The minimum absolute atomic E-state index is 0.108. The summed E-state index contributed by atoms with van der Waals surface area (Å²) in [5, 5.41) is 10.5. The van der Waals surface area contributed by atoms with Crippen LogP contribution in [-0.2, 0) is 6.42 Å². The van der Waals surface area contributed by atoms with Gasteiger partial charge in [0, 0.05) is 5.92 Å². The molecule has 0 heterocycles. The molecule has 20 heavy (non-hydrogen) atoms. The predicted octanol–water partition coefficient (Wildman–Crippen LogP) is 3.61. The molecule has 1 aliphatic rings. The number of rotatable bonds is 3. The molecular weight excluding hydrogens is 248 g/mol. The molecule has 2 nitrogen and oxygen atoms in total. The van der Waals surface area contributed by atoms with Gasteiger partial charge in [0.15, 0.2) is 0 Å². The Morgan fingerprint density at radius 2 is 1.95 bits per heavy atom. The van der Waals surface area contributed by atoms with Crippen LogP contribution in [0.1, 0.15) is 22.8 Å². The Hall–Kier alpha value is -2.06. The second-order valence-electron chi connectivity index (χ2n) is 5.15. The molecule has 3 rings (SSSR count). The van der Waals surface area contributed by atoms with Gasteiger partial charge < -0.3 is 9.84 Å². The van der Waals surface area contributed by atoms with Gasteiger partial charge in [-0.05, 0) is 35.2 Å². The maximum atomic E-state index is 10.5. The number of fused-ring (bicyclic) bond motifs is 1. The van der Waals surface area contributed by atoms with Crippen molar-refractivity contribution in [3.63, 3.8) is 0 Å². The quantitative estimate of drug-likeness (QED) is 0.919. The Morgan fingerprint density at radius 1 is 1.10 bits per heavy atom. The molecule has 0 fully saturated rings. The highest BCUT2D eigenvalue weighted by atomic mass is 16.5. The van der Waals surface area contributed by atoms with Crippen molar-refractivity contribution >= 4 is 6.08 Å². The van der Waals surface area contributed by atoms with Crippen LogP contribution in [0.4, 0.5) is 0 Å². The minimum atomic E-state index is -0.442. The first-order valence-corrected chi connectivity index (χ1v) is 6.86. The van der Waals surface area contributed by atoms with Gasteiger partial charge in [-0.25, -0.2) is 0 Å². The van der Waals surface area contributed by atoms with E-state index in [2.05, 4.69) is 18.2 Å². The van der Waals surface area contributed by atoms with Crippen molar-refractivity contribution in [3.8, 4) is 5.75 Å². The number of aliphatic hydroxyl groups excluding tert-OH is 1. The Labute approximate surface area is 119 Å². The Morgan fingerprint density at radius 3 is 2.80 bits per heavy atom. The third-order valence-corrected chi connectivity index (χ3v) is 3.85. The van der Waals surface area contributed by atoms with E-state index in [1.165, 1.54) is 5.56 Å². The second kappa shape index (κ2) is 5.51. The monoisotopic (exact) mass is 266 g/mol. The first-order chi connectivity index (χ1) is 9.78. The smallest absolute Gasteiger partial charge is 0.119 e. The van der Waals surface area contributed by atoms with E-state index in [9.17, 15) is 5.11 Å². The van der Waals surface area contributed by atoms with Gasteiger partial charge in [-0.2, -0.15) is 0 Å². The van der Waals surface area contributed by atoms with Crippen molar-refractivity contribution in [2.75, 3.05) is 7.11 Å². The molecule has 0 unspecified atom stereocenters. The SMILES string of the molecule is COc1cccc(C[C@H]2C=Cc3ccccc3[C@H]2O)c1. The summed E-state index contributed by atoms with van der Waals surface area (Å²) in [4.78, 5) is 0.